The topological polar surface area (TPSA) is 167 Å². The number of pyridine rings is 2. The number of ether oxygens (including phenoxy) is 1. The molecule has 8 rings (SSSR count). The first-order valence-electron chi connectivity index (χ1n) is 20.2. The monoisotopic (exact) mass is 875 g/mol. The van der Waals surface area contributed by atoms with Crippen LogP contribution in [0.4, 0.5) is 49.4 Å². The van der Waals surface area contributed by atoms with E-state index < -0.39 is 47.2 Å². The first-order valence-corrected chi connectivity index (χ1v) is 20.2. The summed E-state index contributed by atoms with van der Waals surface area (Å²) in [6.45, 7) is 7.24. The number of alkyl halides is 5. The molecular weight excluding hydrogens is 833 g/mol. The number of H-pyrrole nitrogens is 1. The molecule has 2 aliphatic heterocycles. The Morgan fingerprint density at radius 3 is 2.41 bits per heavy atom. The zero-order chi connectivity index (χ0) is 44.6. The van der Waals surface area contributed by atoms with Gasteiger partial charge in [-0.2, -0.15) is 13.2 Å². The molecule has 20 heteroatoms. The van der Waals surface area contributed by atoms with Gasteiger partial charge < -0.3 is 35.9 Å². The molecule has 0 unspecified atom stereocenters. The number of morpholine rings is 1. The Kier molecular flexibility index (Phi) is 12.1. The van der Waals surface area contributed by atoms with Gasteiger partial charge in [0.2, 0.25) is 0 Å². The number of hydrogen-bond acceptors (Lipinski definition) is 12. The molecule has 0 aliphatic carbocycles. The Labute approximate surface area is 355 Å². The first kappa shape index (κ1) is 43.1. The van der Waals surface area contributed by atoms with Gasteiger partial charge in [0.25, 0.3) is 17.5 Å². The van der Waals surface area contributed by atoms with E-state index in [9.17, 15) is 31.5 Å². The number of rotatable bonds is 12. The Morgan fingerprint density at radius 2 is 1.68 bits per heavy atom. The summed E-state index contributed by atoms with van der Waals surface area (Å²) in [6.07, 6.45) is -4.05. The minimum Gasteiger partial charge on any atom is -0.378 e. The number of anilines is 4. The molecule has 1 saturated heterocycles. The number of halogens is 6. The van der Waals surface area contributed by atoms with Crippen molar-refractivity contribution in [3.8, 4) is 0 Å². The largest absolute Gasteiger partial charge is 0.416 e. The SMILES string of the molecule is Cc1nc(N[C@H](C)c2cc(NCn3c(=O)c(N4CCOCC4)cc4c(N[C@H](C)c5cccc(C(F)F)c5F)ncnc43)cc(C(F)(F)F)c2)c2cc(C3=CCNCC3)c(=O)[nH]c2n1. The third-order valence-corrected chi connectivity index (χ3v) is 11.1. The van der Waals surface area contributed by atoms with E-state index in [4.69, 9.17) is 4.74 Å². The second-order valence-corrected chi connectivity index (χ2v) is 15.4. The van der Waals surface area contributed by atoms with Gasteiger partial charge in [-0.05, 0) is 75.2 Å². The van der Waals surface area contributed by atoms with Crippen molar-refractivity contribution < 1.29 is 31.1 Å². The van der Waals surface area contributed by atoms with E-state index in [0.29, 0.717) is 73.8 Å². The number of aryl methyl sites for hydroxylation is 1. The van der Waals surface area contributed by atoms with Crippen LogP contribution < -0.4 is 37.3 Å². The van der Waals surface area contributed by atoms with Gasteiger partial charge in [0.1, 0.15) is 46.6 Å². The Balaban J connectivity index is 1.14. The van der Waals surface area contributed by atoms with Crippen molar-refractivity contribution in [2.45, 2.75) is 58.5 Å². The predicted octanol–water partition coefficient (Wildman–Crippen LogP) is 7.46. The number of aromatic nitrogens is 6. The summed E-state index contributed by atoms with van der Waals surface area (Å²) in [5.41, 5.74) is -0.373. The van der Waals surface area contributed by atoms with Crippen molar-refractivity contribution in [3.05, 3.63) is 121 Å². The summed E-state index contributed by atoms with van der Waals surface area (Å²) in [4.78, 5) is 49.7. The molecule has 0 radical (unpaired) electrons. The minimum atomic E-state index is -4.75. The number of nitrogens with one attached hydrogen (secondary N) is 5. The van der Waals surface area contributed by atoms with Gasteiger partial charge in [-0.25, -0.2) is 33.1 Å². The van der Waals surface area contributed by atoms with Gasteiger partial charge in [0.15, 0.2) is 0 Å². The van der Waals surface area contributed by atoms with E-state index in [2.05, 4.69) is 46.2 Å². The number of benzene rings is 2. The molecule has 330 valence electrons. The van der Waals surface area contributed by atoms with E-state index in [-0.39, 0.29) is 51.8 Å². The maximum absolute atomic E-state index is 15.2. The van der Waals surface area contributed by atoms with Crippen LogP contribution in [0.25, 0.3) is 27.6 Å². The van der Waals surface area contributed by atoms with E-state index in [1.165, 1.54) is 29.1 Å². The molecule has 63 heavy (non-hydrogen) atoms. The molecule has 0 bridgehead atoms. The van der Waals surface area contributed by atoms with Gasteiger partial charge in [0.05, 0.1) is 53.9 Å². The normalized spacial score (nSPS) is 15.7. The van der Waals surface area contributed by atoms with Crippen LogP contribution in [-0.2, 0) is 17.6 Å². The highest BCUT2D eigenvalue weighted by Gasteiger charge is 2.32. The van der Waals surface area contributed by atoms with Crippen LogP contribution in [0.2, 0.25) is 0 Å². The number of nitrogens with zero attached hydrogens (tertiary/aromatic N) is 6. The molecule has 14 nitrogen and oxygen atoms in total. The highest BCUT2D eigenvalue weighted by atomic mass is 19.4. The summed E-state index contributed by atoms with van der Waals surface area (Å²) in [6, 6.07) is 8.86. The second-order valence-electron chi connectivity index (χ2n) is 15.4. The molecule has 4 aromatic heterocycles. The van der Waals surface area contributed by atoms with Gasteiger partial charge in [-0.1, -0.05) is 24.3 Å². The van der Waals surface area contributed by atoms with E-state index in [0.717, 1.165) is 23.8 Å². The molecule has 2 atom stereocenters. The molecule has 6 heterocycles. The Morgan fingerprint density at radius 1 is 0.921 bits per heavy atom. The molecule has 0 amide bonds. The van der Waals surface area contributed by atoms with E-state index in [1.54, 1.807) is 32.9 Å². The van der Waals surface area contributed by atoms with Gasteiger partial charge in [-0.15, -0.1) is 0 Å². The number of hydrogen-bond donors (Lipinski definition) is 5. The lowest BCUT2D eigenvalue weighted by Crippen LogP contribution is -2.41. The van der Waals surface area contributed by atoms with Crippen LogP contribution in [0.3, 0.4) is 0 Å². The summed E-state index contributed by atoms with van der Waals surface area (Å²) in [5, 5.41) is 13.3. The van der Waals surface area contributed by atoms with Crippen molar-refractivity contribution >= 4 is 50.7 Å². The highest BCUT2D eigenvalue weighted by Crippen LogP contribution is 2.36. The fraction of sp³-hybridized carbons (Fsp3) is 0.349. The number of aromatic amines is 1. The maximum Gasteiger partial charge on any atom is 0.416 e. The van der Waals surface area contributed by atoms with Crippen molar-refractivity contribution in [2.75, 3.05) is 60.2 Å². The molecule has 6 aromatic rings. The van der Waals surface area contributed by atoms with Crippen LogP contribution in [0.1, 0.15) is 72.4 Å². The summed E-state index contributed by atoms with van der Waals surface area (Å²) < 4.78 is 92.8. The second kappa shape index (κ2) is 17.7. The average molecular weight is 876 g/mol. The maximum atomic E-state index is 15.2. The number of fused-ring (bicyclic) bond motifs is 2. The molecule has 0 spiro atoms. The lowest BCUT2D eigenvalue weighted by atomic mass is 10.0. The third kappa shape index (κ3) is 9.03. The summed E-state index contributed by atoms with van der Waals surface area (Å²) in [7, 11) is 0. The Hall–Kier alpha value is -6.54. The van der Waals surface area contributed by atoms with Crippen molar-refractivity contribution in [2.24, 2.45) is 0 Å². The van der Waals surface area contributed by atoms with Crippen LogP contribution in [0, 0.1) is 12.7 Å². The van der Waals surface area contributed by atoms with Gasteiger partial charge >= 0.3 is 6.18 Å². The molecular formula is C43H43F6N11O3. The predicted molar refractivity (Wildman–Crippen MR) is 228 cm³/mol. The Bertz CT molecular complexity index is 2840. The zero-order valence-electron chi connectivity index (χ0n) is 34.3. The fourth-order valence-corrected chi connectivity index (χ4v) is 7.85. The molecule has 0 saturated carbocycles. The summed E-state index contributed by atoms with van der Waals surface area (Å²) >= 11 is 0. The smallest absolute Gasteiger partial charge is 0.378 e. The molecule has 2 aromatic carbocycles. The minimum absolute atomic E-state index is 0.0360. The quantitative estimate of drug-likeness (QED) is 0.0772. The average Bonchev–Trinajstić information content (AvgIpc) is 3.26. The van der Waals surface area contributed by atoms with Crippen molar-refractivity contribution in [3.63, 3.8) is 0 Å². The lowest BCUT2D eigenvalue weighted by Gasteiger charge is -2.29. The zero-order valence-corrected chi connectivity index (χ0v) is 34.3. The lowest BCUT2D eigenvalue weighted by molar-refractivity contribution is -0.137. The van der Waals surface area contributed by atoms with Crippen LogP contribution in [0.5, 0.6) is 0 Å². The molecule has 2 aliphatic rings. The van der Waals surface area contributed by atoms with Crippen molar-refractivity contribution in [1.82, 2.24) is 34.8 Å². The van der Waals surface area contributed by atoms with Crippen LogP contribution >= 0.6 is 0 Å². The molecule has 1 fully saturated rings. The van der Waals surface area contributed by atoms with Crippen molar-refractivity contribution in [1.29, 1.82) is 0 Å². The fourth-order valence-electron chi connectivity index (χ4n) is 7.85. The van der Waals surface area contributed by atoms with Gasteiger partial charge in [-0.3, -0.25) is 14.2 Å². The molecule has 5 N–H and O–H groups in total. The van der Waals surface area contributed by atoms with Gasteiger partial charge in [0, 0.05) is 36.4 Å². The summed E-state index contributed by atoms with van der Waals surface area (Å²) in [5.74, 6) is -0.267. The highest BCUT2D eigenvalue weighted by molar-refractivity contribution is 5.90. The third-order valence-electron chi connectivity index (χ3n) is 11.1. The van der Waals surface area contributed by atoms with Crippen LogP contribution in [0.15, 0.2) is 70.5 Å². The first-order chi connectivity index (χ1) is 30.2. The van der Waals surface area contributed by atoms with E-state index in [1.807, 2.05) is 11.0 Å². The van der Waals surface area contributed by atoms with E-state index >= 15 is 4.39 Å². The standard InChI is InChI=1S/C43H43F6N11O3/c1-22(54-38-32-18-31(25-7-9-50-10-8-25)41(61)58-39(32)57-24(3)56-38)26-15-27(43(47,48)49)17-28(16-26)53-21-60-40-33(19-34(42(60)62)59-11-13-63-14-12-59)37(51-20-52-40)55-23(2)29-5-4-6-30(35(29)44)36(45)46/h4-7,15-20,22-23,36,50,53H,8-14,21H2,1-3H3,(H,51,52,55)(H2,54,56,57,58,61)/t22-,23-/m1/s1. The van der Waals surface area contributed by atoms with Crippen LogP contribution in [-0.4, -0.2) is 68.9 Å².